The summed E-state index contributed by atoms with van der Waals surface area (Å²) in [6.07, 6.45) is 0.732. The number of rotatable bonds is 2. The third kappa shape index (κ3) is 1.76. The van der Waals surface area contributed by atoms with E-state index in [0.29, 0.717) is 19.0 Å². The van der Waals surface area contributed by atoms with Crippen molar-refractivity contribution in [3.8, 4) is 17.2 Å². The molecule has 0 saturated heterocycles. The highest BCUT2D eigenvalue weighted by Crippen LogP contribution is 2.38. The highest BCUT2D eigenvalue weighted by Gasteiger charge is 2.23. The Bertz CT molecular complexity index is 413. The van der Waals surface area contributed by atoms with Crippen molar-refractivity contribution in [2.75, 3.05) is 20.3 Å². The van der Waals surface area contributed by atoms with Crippen LogP contribution < -0.4 is 14.2 Å². The van der Waals surface area contributed by atoms with E-state index >= 15 is 0 Å². The van der Waals surface area contributed by atoms with Crippen LogP contribution in [0, 0.1) is 0 Å². The molecule has 0 radical (unpaired) electrons. The lowest BCUT2D eigenvalue weighted by Crippen LogP contribution is -2.05. The maximum absolute atomic E-state index is 11.1. The number of carboxylic acid groups (broad SMARTS) is 1. The average Bonchev–Trinajstić information content (AvgIpc) is 2.51. The fraction of sp³-hybridized carbons (Fsp3) is 0.364. The van der Waals surface area contributed by atoms with Crippen LogP contribution in [0.2, 0.25) is 0 Å². The SMILES string of the molecule is COc1ccc2c(c1C(=O)O)OCCCO2. The van der Waals surface area contributed by atoms with Crippen LogP contribution in [-0.4, -0.2) is 31.4 Å². The van der Waals surface area contributed by atoms with E-state index in [0.717, 1.165) is 6.42 Å². The van der Waals surface area contributed by atoms with Crippen LogP contribution in [-0.2, 0) is 0 Å². The zero-order chi connectivity index (χ0) is 11.5. The van der Waals surface area contributed by atoms with Gasteiger partial charge in [0.25, 0.3) is 0 Å². The van der Waals surface area contributed by atoms with Gasteiger partial charge in [0.15, 0.2) is 11.5 Å². The van der Waals surface area contributed by atoms with Crippen LogP contribution >= 0.6 is 0 Å². The van der Waals surface area contributed by atoms with Crippen molar-refractivity contribution in [1.29, 1.82) is 0 Å². The molecule has 0 saturated carbocycles. The topological polar surface area (TPSA) is 65.0 Å². The van der Waals surface area contributed by atoms with E-state index in [4.69, 9.17) is 19.3 Å². The lowest BCUT2D eigenvalue weighted by Gasteiger charge is -2.12. The predicted octanol–water partition coefficient (Wildman–Crippen LogP) is 1.55. The van der Waals surface area contributed by atoms with Crippen LogP contribution in [0.1, 0.15) is 16.8 Å². The van der Waals surface area contributed by atoms with Crippen LogP contribution in [0.3, 0.4) is 0 Å². The van der Waals surface area contributed by atoms with Crippen molar-refractivity contribution in [3.05, 3.63) is 17.7 Å². The first-order valence-electron chi connectivity index (χ1n) is 4.94. The molecule has 1 heterocycles. The number of aromatic carboxylic acids is 1. The molecule has 0 aromatic heterocycles. The molecule has 0 fully saturated rings. The van der Waals surface area contributed by atoms with Crippen molar-refractivity contribution >= 4 is 5.97 Å². The maximum Gasteiger partial charge on any atom is 0.343 e. The summed E-state index contributed by atoms with van der Waals surface area (Å²) in [5, 5.41) is 9.13. The van der Waals surface area contributed by atoms with Gasteiger partial charge in [-0.1, -0.05) is 0 Å². The smallest absolute Gasteiger partial charge is 0.343 e. The number of ether oxygens (including phenoxy) is 3. The van der Waals surface area contributed by atoms with Crippen molar-refractivity contribution < 1.29 is 24.1 Å². The highest BCUT2D eigenvalue weighted by molar-refractivity contribution is 5.95. The van der Waals surface area contributed by atoms with E-state index in [1.807, 2.05) is 0 Å². The van der Waals surface area contributed by atoms with E-state index in [1.165, 1.54) is 7.11 Å². The minimum Gasteiger partial charge on any atom is -0.496 e. The molecular formula is C11H12O5. The number of benzene rings is 1. The van der Waals surface area contributed by atoms with Crippen molar-refractivity contribution in [2.45, 2.75) is 6.42 Å². The third-order valence-electron chi connectivity index (χ3n) is 2.31. The Hall–Kier alpha value is -1.91. The lowest BCUT2D eigenvalue weighted by molar-refractivity contribution is 0.0688. The molecule has 0 aliphatic carbocycles. The Morgan fingerprint density at radius 1 is 1.38 bits per heavy atom. The number of hydrogen-bond donors (Lipinski definition) is 1. The molecular weight excluding hydrogens is 212 g/mol. The molecule has 1 aliphatic rings. The molecule has 5 nitrogen and oxygen atoms in total. The van der Waals surface area contributed by atoms with E-state index < -0.39 is 5.97 Å². The first-order chi connectivity index (χ1) is 7.74. The molecule has 1 N–H and O–H groups in total. The molecule has 0 spiro atoms. The number of carbonyl (C=O) groups is 1. The van der Waals surface area contributed by atoms with Gasteiger partial charge in [-0.15, -0.1) is 0 Å². The molecule has 5 heteroatoms. The Morgan fingerprint density at radius 3 is 2.81 bits per heavy atom. The molecule has 1 aromatic rings. The van der Waals surface area contributed by atoms with Gasteiger partial charge in [-0.2, -0.15) is 0 Å². The molecule has 16 heavy (non-hydrogen) atoms. The number of methoxy groups -OCH3 is 1. The Morgan fingerprint density at radius 2 is 2.12 bits per heavy atom. The summed E-state index contributed by atoms with van der Waals surface area (Å²) in [6, 6.07) is 3.23. The lowest BCUT2D eigenvalue weighted by atomic mass is 10.1. The van der Waals surface area contributed by atoms with Crippen LogP contribution in [0.25, 0.3) is 0 Å². The van der Waals surface area contributed by atoms with Gasteiger partial charge in [-0.05, 0) is 12.1 Å². The van der Waals surface area contributed by atoms with Crippen LogP contribution in [0.5, 0.6) is 17.2 Å². The Labute approximate surface area is 92.5 Å². The summed E-state index contributed by atoms with van der Waals surface area (Å²) in [4.78, 5) is 11.1. The minimum absolute atomic E-state index is 0.0156. The van der Waals surface area contributed by atoms with Crippen molar-refractivity contribution in [1.82, 2.24) is 0 Å². The van der Waals surface area contributed by atoms with E-state index in [1.54, 1.807) is 12.1 Å². The zero-order valence-corrected chi connectivity index (χ0v) is 8.86. The Balaban J connectivity index is 2.56. The van der Waals surface area contributed by atoms with Crippen LogP contribution in [0.15, 0.2) is 12.1 Å². The molecule has 0 amide bonds. The summed E-state index contributed by atoms with van der Waals surface area (Å²) in [6.45, 7) is 0.971. The number of fused-ring (bicyclic) bond motifs is 1. The van der Waals surface area contributed by atoms with Gasteiger partial charge in [0, 0.05) is 6.42 Å². The number of hydrogen-bond acceptors (Lipinski definition) is 4. The molecule has 0 unspecified atom stereocenters. The second-order valence-electron chi connectivity index (χ2n) is 3.33. The Kier molecular flexibility index (Phi) is 2.85. The minimum atomic E-state index is -1.08. The van der Waals surface area contributed by atoms with Crippen molar-refractivity contribution in [3.63, 3.8) is 0 Å². The average molecular weight is 224 g/mol. The van der Waals surface area contributed by atoms with Gasteiger partial charge in [0.1, 0.15) is 11.3 Å². The molecule has 1 aromatic carbocycles. The predicted molar refractivity (Wildman–Crippen MR) is 55.6 cm³/mol. The first-order valence-corrected chi connectivity index (χ1v) is 4.94. The van der Waals surface area contributed by atoms with Gasteiger partial charge in [0.2, 0.25) is 0 Å². The summed E-state index contributed by atoms with van der Waals surface area (Å²) in [7, 11) is 1.42. The third-order valence-corrected chi connectivity index (χ3v) is 2.31. The zero-order valence-electron chi connectivity index (χ0n) is 8.86. The number of carboxylic acids is 1. The summed E-state index contributed by atoms with van der Waals surface area (Å²) in [5.41, 5.74) is 0.0156. The van der Waals surface area contributed by atoms with E-state index in [-0.39, 0.29) is 17.1 Å². The van der Waals surface area contributed by atoms with Crippen LogP contribution in [0.4, 0.5) is 0 Å². The molecule has 2 rings (SSSR count). The largest absolute Gasteiger partial charge is 0.496 e. The normalized spacial score (nSPS) is 14.1. The maximum atomic E-state index is 11.1. The molecule has 1 aliphatic heterocycles. The van der Waals surface area contributed by atoms with Gasteiger partial charge >= 0.3 is 5.97 Å². The van der Waals surface area contributed by atoms with Crippen molar-refractivity contribution in [2.24, 2.45) is 0 Å². The fourth-order valence-electron chi connectivity index (χ4n) is 1.59. The van der Waals surface area contributed by atoms with Gasteiger partial charge < -0.3 is 19.3 Å². The summed E-state index contributed by atoms with van der Waals surface area (Å²) in [5.74, 6) is -0.101. The quantitative estimate of drug-likeness (QED) is 0.825. The van der Waals surface area contributed by atoms with E-state index in [9.17, 15) is 4.79 Å². The summed E-state index contributed by atoms with van der Waals surface area (Å²) >= 11 is 0. The standard InChI is InChI=1S/C11H12O5/c1-14-7-3-4-8-10(9(7)11(12)13)16-6-2-5-15-8/h3-4H,2,5-6H2,1H3,(H,12,13). The van der Waals surface area contributed by atoms with E-state index in [2.05, 4.69) is 0 Å². The molecule has 86 valence electrons. The monoisotopic (exact) mass is 224 g/mol. The fourth-order valence-corrected chi connectivity index (χ4v) is 1.59. The second-order valence-corrected chi connectivity index (χ2v) is 3.33. The molecule has 0 bridgehead atoms. The highest BCUT2D eigenvalue weighted by atomic mass is 16.5. The van der Waals surface area contributed by atoms with Gasteiger partial charge in [0.05, 0.1) is 20.3 Å². The second kappa shape index (κ2) is 4.30. The van der Waals surface area contributed by atoms with Gasteiger partial charge in [-0.3, -0.25) is 0 Å². The summed E-state index contributed by atoms with van der Waals surface area (Å²) < 4.78 is 15.8. The first kappa shape index (κ1) is 10.6. The molecule has 0 atom stereocenters. The van der Waals surface area contributed by atoms with Gasteiger partial charge in [-0.25, -0.2) is 4.79 Å².